The molecule has 0 N–H and O–H groups in total. The fourth-order valence-corrected chi connectivity index (χ4v) is 3.01. The first-order valence-electron chi connectivity index (χ1n) is 5.18. The van der Waals surface area contributed by atoms with Crippen molar-refractivity contribution < 1.29 is 0 Å². The second kappa shape index (κ2) is 7.56. The molecule has 0 aliphatic carbocycles. The van der Waals surface area contributed by atoms with Crippen molar-refractivity contribution in [2.75, 3.05) is 13.1 Å². The van der Waals surface area contributed by atoms with E-state index < -0.39 is 0 Å². The first-order chi connectivity index (χ1) is 5.78. The number of allylic oxidation sites excluding steroid dienone is 2. The molecular formula is C10H23NSi. The van der Waals surface area contributed by atoms with E-state index in [1.807, 2.05) is 0 Å². The molecule has 0 aliphatic heterocycles. The molecule has 0 aromatic rings. The molecule has 12 heavy (non-hydrogen) atoms. The summed E-state index contributed by atoms with van der Waals surface area (Å²) in [6.07, 6.45) is 4.89. The summed E-state index contributed by atoms with van der Waals surface area (Å²) in [5, 5.41) is 1.72. The van der Waals surface area contributed by atoms with Gasteiger partial charge in [0.2, 0.25) is 0 Å². The van der Waals surface area contributed by atoms with Crippen molar-refractivity contribution in [2.24, 2.45) is 0 Å². The Morgan fingerprint density at radius 1 is 1.17 bits per heavy atom. The minimum Gasteiger partial charge on any atom is -0.326 e. The van der Waals surface area contributed by atoms with Crippen molar-refractivity contribution in [3.8, 4) is 0 Å². The highest BCUT2D eigenvalue weighted by Gasteiger charge is 2.01. The number of hydrogen-bond donors (Lipinski definition) is 0. The number of rotatable bonds is 6. The zero-order chi connectivity index (χ0) is 9.40. The van der Waals surface area contributed by atoms with E-state index in [0.29, 0.717) is 0 Å². The Morgan fingerprint density at radius 2 is 1.75 bits per heavy atom. The lowest BCUT2D eigenvalue weighted by Gasteiger charge is -2.18. The minimum atomic E-state index is -0.0773. The first-order valence-corrected chi connectivity index (χ1v) is 6.52. The molecule has 0 saturated heterocycles. The van der Waals surface area contributed by atoms with Gasteiger partial charge in [0.25, 0.3) is 0 Å². The van der Waals surface area contributed by atoms with Crippen LogP contribution in [0.1, 0.15) is 40.5 Å². The Morgan fingerprint density at radius 3 is 2.08 bits per heavy atom. The molecule has 72 valence electrons. The van der Waals surface area contributed by atoms with Crippen LogP contribution in [-0.4, -0.2) is 27.3 Å². The molecule has 0 amide bonds. The third-order valence-electron chi connectivity index (χ3n) is 2.27. The topological polar surface area (TPSA) is 3.24 Å². The lowest BCUT2D eigenvalue weighted by atomic mass is 10.3. The van der Waals surface area contributed by atoms with Gasteiger partial charge in [-0.3, -0.25) is 0 Å². The van der Waals surface area contributed by atoms with E-state index in [1.165, 1.54) is 25.9 Å². The Bertz CT molecular complexity index is 128. The van der Waals surface area contributed by atoms with Crippen LogP contribution in [0.15, 0.2) is 11.3 Å². The molecule has 0 spiro atoms. The molecule has 0 unspecified atom stereocenters. The van der Waals surface area contributed by atoms with E-state index in [2.05, 4.69) is 38.3 Å². The molecule has 0 fully saturated rings. The Hall–Kier alpha value is -0.0831. The van der Waals surface area contributed by atoms with Crippen molar-refractivity contribution in [3.63, 3.8) is 0 Å². The molecule has 0 saturated carbocycles. The summed E-state index contributed by atoms with van der Waals surface area (Å²) in [5.74, 6) is 0. The number of hydrogen-bond acceptors (Lipinski definition) is 1. The van der Waals surface area contributed by atoms with Crippen LogP contribution in [0.25, 0.3) is 0 Å². The predicted molar refractivity (Wildman–Crippen MR) is 60.1 cm³/mol. The van der Waals surface area contributed by atoms with Crippen molar-refractivity contribution in [1.82, 2.24) is 4.57 Å². The van der Waals surface area contributed by atoms with Gasteiger partial charge in [-0.05, 0) is 25.9 Å². The maximum absolute atomic E-state index is 2.60. The molecule has 0 aliphatic rings. The van der Waals surface area contributed by atoms with E-state index >= 15 is 0 Å². The first kappa shape index (κ1) is 11.9. The van der Waals surface area contributed by atoms with Gasteiger partial charge < -0.3 is 4.57 Å². The molecule has 1 nitrogen and oxygen atoms in total. The van der Waals surface area contributed by atoms with Gasteiger partial charge >= 0.3 is 0 Å². The molecule has 2 heteroatoms. The van der Waals surface area contributed by atoms with Gasteiger partial charge in [0.15, 0.2) is 0 Å². The fraction of sp³-hybridized carbons (Fsp3) is 0.800. The lowest BCUT2D eigenvalue weighted by molar-refractivity contribution is 0.495. The molecule has 0 atom stereocenters. The van der Waals surface area contributed by atoms with Gasteiger partial charge in [0.05, 0.1) is 0 Å². The van der Waals surface area contributed by atoms with Gasteiger partial charge in [0.1, 0.15) is 9.68 Å². The summed E-state index contributed by atoms with van der Waals surface area (Å²) >= 11 is 0. The van der Waals surface area contributed by atoms with Gasteiger partial charge in [-0.25, -0.2) is 0 Å². The molecule has 0 radical (unpaired) electrons. The van der Waals surface area contributed by atoms with Crippen molar-refractivity contribution in [2.45, 2.75) is 40.5 Å². The maximum Gasteiger partial charge on any atom is 0.122 e. The second-order valence-electron chi connectivity index (χ2n) is 3.09. The molecule has 0 rings (SSSR count). The van der Waals surface area contributed by atoms with Crippen LogP contribution in [0, 0.1) is 0 Å². The average Bonchev–Trinajstić information content (AvgIpc) is 2.12. The van der Waals surface area contributed by atoms with E-state index in [-0.39, 0.29) is 9.68 Å². The highest BCUT2D eigenvalue weighted by molar-refractivity contribution is 6.42. The van der Waals surface area contributed by atoms with E-state index in [0.717, 1.165) is 0 Å². The van der Waals surface area contributed by atoms with Gasteiger partial charge in [-0.1, -0.05) is 39.0 Å². The summed E-state index contributed by atoms with van der Waals surface area (Å²) in [6, 6.07) is 0. The molecule has 0 bridgehead atoms. The Balaban J connectivity index is 3.91. The van der Waals surface area contributed by atoms with Crippen LogP contribution in [0.2, 0.25) is 0 Å². The van der Waals surface area contributed by atoms with Crippen LogP contribution in [0.4, 0.5) is 0 Å². The zero-order valence-electron chi connectivity index (χ0n) is 9.06. The average molecular weight is 185 g/mol. The smallest absolute Gasteiger partial charge is 0.122 e. The summed E-state index contributed by atoms with van der Waals surface area (Å²) in [4.78, 5) is 0. The van der Waals surface area contributed by atoms with E-state index in [9.17, 15) is 0 Å². The van der Waals surface area contributed by atoms with Gasteiger partial charge in [0, 0.05) is 0 Å². The lowest BCUT2D eigenvalue weighted by Crippen LogP contribution is -2.28. The predicted octanol–water partition coefficient (Wildman–Crippen LogP) is 2.12. The van der Waals surface area contributed by atoms with E-state index in [1.54, 1.807) is 5.20 Å². The third-order valence-corrected chi connectivity index (χ3v) is 4.80. The van der Waals surface area contributed by atoms with Gasteiger partial charge in [-0.15, -0.1) is 0 Å². The standard InChI is InChI=1S/C10H23NSi/c1-5-9-10(6-2)12-11(7-3)8-4/h9H,5-8,12H2,1-4H3. The summed E-state index contributed by atoms with van der Waals surface area (Å²) in [7, 11) is -0.0773. The maximum atomic E-state index is 2.60. The van der Waals surface area contributed by atoms with Crippen molar-refractivity contribution in [3.05, 3.63) is 11.3 Å². The molecule has 0 aromatic carbocycles. The molecular weight excluding hydrogens is 162 g/mol. The largest absolute Gasteiger partial charge is 0.326 e. The molecule has 0 heterocycles. The number of nitrogens with zero attached hydrogens (tertiary/aromatic N) is 1. The van der Waals surface area contributed by atoms with Crippen LogP contribution in [-0.2, 0) is 0 Å². The zero-order valence-corrected chi connectivity index (χ0v) is 10.5. The van der Waals surface area contributed by atoms with Crippen LogP contribution >= 0.6 is 0 Å². The summed E-state index contributed by atoms with van der Waals surface area (Å²) < 4.78 is 2.60. The van der Waals surface area contributed by atoms with Crippen molar-refractivity contribution >= 4 is 9.68 Å². The SMILES string of the molecule is CCC=C(CC)[SiH2]N(CC)CC. The van der Waals surface area contributed by atoms with Crippen molar-refractivity contribution in [1.29, 1.82) is 0 Å². The van der Waals surface area contributed by atoms with Crippen LogP contribution in [0.3, 0.4) is 0 Å². The molecule has 0 aromatic heterocycles. The highest BCUT2D eigenvalue weighted by atomic mass is 28.2. The third kappa shape index (κ3) is 4.73. The normalized spacial score (nSPS) is 13.6. The fourth-order valence-electron chi connectivity index (χ4n) is 1.34. The quantitative estimate of drug-likeness (QED) is 0.573. The summed E-state index contributed by atoms with van der Waals surface area (Å²) in [6.45, 7) is 11.5. The van der Waals surface area contributed by atoms with E-state index in [4.69, 9.17) is 0 Å². The Kier molecular flexibility index (Phi) is 7.51. The highest BCUT2D eigenvalue weighted by Crippen LogP contribution is 2.02. The Labute approximate surface area is 79.7 Å². The van der Waals surface area contributed by atoms with Gasteiger partial charge in [-0.2, -0.15) is 0 Å². The van der Waals surface area contributed by atoms with Crippen LogP contribution in [0.5, 0.6) is 0 Å². The minimum absolute atomic E-state index is 0.0773. The monoisotopic (exact) mass is 185 g/mol. The van der Waals surface area contributed by atoms with Crippen LogP contribution < -0.4 is 0 Å². The summed E-state index contributed by atoms with van der Waals surface area (Å²) in [5.41, 5.74) is 0. The second-order valence-corrected chi connectivity index (χ2v) is 5.20.